The van der Waals surface area contributed by atoms with Gasteiger partial charge < -0.3 is 9.84 Å². The summed E-state index contributed by atoms with van der Waals surface area (Å²) in [7, 11) is 0. The van der Waals surface area contributed by atoms with Gasteiger partial charge in [-0.05, 0) is 67.6 Å². The van der Waals surface area contributed by atoms with Crippen LogP contribution in [-0.4, -0.2) is 25.7 Å². The highest BCUT2D eigenvalue weighted by atomic mass is 19.1. The van der Waals surface area contributed by atoms with Crippen molar-refractivity contribution in [2.24, 2.45) is 5.92 Å². The minimum atomic E-state index is -0.614. The predicted molar refractivity (Wildman–Crippen MR) is 151 cm³/mol. The molecule has 1 atom stereocenters. The Kier molecular flexibility index (Phi) is 8.76. The molecule has 0 spiro atoms. The lowest BCUT2D eigenvalue weighted by molar-refractivity contribution is 0.0567. The second-order valence-electron chi connectivity index (χ2n) is 10.4. The first kappa shape index (κ1) is 28.7. The molecule has 0 saturated heterocycles. The minimum Gasteiger partial charge on any atom is -0.494 e. The van der Waals surface area contributed by atoms with Crippen LogP contribution in [0.5, 0.6) is 5.88 Å². The molecule has 0 aliphatic carbocycles. The topological polar surface area (TPSA) is 101 Å². The van der Waals surface area contributed by atoms with Gasteiger partial charge in [-0.3, -0.25) is 14.3 Å². The van der Waals surface area contributed by atoms with Gasteiger partial charge in [0, 0.05) is 23.9 Å². The number of ether oxygens (including phenoxy) is 1. The average Bonchev–Trinajstić information content (AvgIpc) is 2.91. The maximum Gasteiger partial charge on any atom is 0.280 e. The molecule has 4 aromatic rings. The van der Waals surface area contributed by atoms with Gasteiger partial charge in [-0.25, -0.2) is 4.39 Å². The summed E-state index contributed by atoms with van der Waals surface area (Å²) in [4.78, 5) is 21.9. The number of rotatable bonds is 9. The highest BCUT2D eigenvalue weighted by Gasteiger charge is 2.27. The number of benzene rings is 2. The van der Waals surface area contributed by atoms with Crippen molar-refractivity contribution >= 4 is 0 Å². The normalized spacial score (nSPS) is 12.1. The zero-order valence-corrected chi connectivity index (χ0v) is 23.4. The van der Waals surface area contributed by atoms with Gasteiger partial charge in [-0.1, -0.05) is 44.2 Å². The number of halogens is 1. The fourth-order valence-corrected chi connectivity index (χ4v) is 4.87. The van der Waals surface area contributed by atoms with Crippen molar-refractivity contribution in [1.29, 1.82) is 5.26 Å². The molecule has 40 heavy (non-hydrogen) atoms. The second kappa shape index (κ2) is 12.2. The van der Waals surface area contributed by atoms with Gasteiger partial charge in [0.05, 0.1) is 29.3 Å². The highest BCUT2D eigenvalue weighted by Crippen LogP contribution is 2.34. The monoisotopic (exact) mass is 540 g/mol. The quantitative estimate of drug-likeness (QED) is 0.276. The molecule has 0 fully saturated rings. The Morgan fingerprint density at radius 2 is 1.82 bits per heavy atom. The first-order valence-electron chi connectivity index (χ1n) is 13.2. The average molecular weight is 541 g/mol. The Morgan fingerprint density at radius 1 is 1.10 bits per heavy atom. The van der Waals surface area contributed by atoms with Crippen LogP contribution in [0, 0.1) is 30.0 Å². The number of nitrogens with zero attached hydrogens (tertiary/aromatic N) is 4. The summed E-state index contributed by atoms with van der Waals surface area (Å²) >= 11 is 0. The Morgan fingerprint density at radius 3 is 2.45 bits per heavy atom. The lowest BCUT2D eigenvalue weighted by Gasteiger charge is -2.29. The molecule has 4 rings (SSSR count). The number of pyridine rings is 1. The Balaban J connectivity index is 1.82. The van der Waals surface area contributed by atoms with Gasteiger partial charge in [0.25, 0.3) is 5.56 Å². The van der Waals surface area contributed by atoms with E-state index in [0.717, 1.165) is 28.5 Å². The SMILES string of the molecule is Cc1ncccc1-c1ccc(Cc2c(O)n([C@H](c3cc(F)cc(C#N)c3)C(C)C)c(COC(C)C)nc2=O)cc1. The van der Waals surface area contributed by atoms with Crippen molar-refractivity contribution in [3.05, 3.63) is 111 Å². The summed E-state index contributed by atoms with van der Waals surface area (Å²) in [6, 6.07) is 17.1. The molecule has 1 N–H and O–H groups in total. The molecule has 0 amide bonds. The summed E-state index contributed by atoms with van der Waals surface area (Å²) in [5.74, 6) is -0.742. The van der Waals surface area contributed by atoms with Crippen molar-refractivity contribution in [2.75, 3.05) is 0 Å². The van der Waals surface area contributed by atoms with E-state index < -0.39 is 17.4 Å². The van der Waals surface area contributed by atoms with E-state index in [1.807, 2.05) is 77.1 Å². The molecule has 0 unspecified atom stereocenters. The standard InChI is InChI=1S/C32H33FN4O3/c1-19(2)30(25-13-23(17-34)14-26(33)16-25)37-29(18-40-20(3)4)36-31(38)28(32(37)39)15-22-8-10-24(11-9-22)27-7-6-12-35-21(27)5/h6-14,16,19-20,30,39H,15,18H2,1-5H3/t30-/m0/s1. The van der Waals surface area contributed by atoms with Crippen LogP contribution in [-0.2, 0) is 17.8 Å². The fourth-order valence-electron chi connectivity index (χ4n) is 4.87. The van der Waals surface area contributed by atoms with E-state index in [9.17, 15) is 19.6 Å². The first-order valence-corrected chi connectivity index (χ1v) is 13.2. The van der Waals surface area contributed by atoms with Crippen molar-refractivity contribution in [3.63, 3.8) is 0 Å². The fraction of sp³-hybridized carbons (Fsp3) is 0.312. The summed E-state index contributed by atoms with van der Waals surface area (Å²) in [6.45, 7) is 9.49. The predicted octanol–water partition coefficient (Wildman–Crippen LogP) is 6.09. The van der Waals surface area contributed by atoms with Crippen LogP contribution in [0.3, 0.4) is 0 Å². The second-order valence-corrected chi connectivity index (χ2v) is 10.4. The van der Waals surface area contributed by atoms with Crippen LogP contribution < -0.4 is 5.56 Å². The number of nitriles is 1. The van der Waals surface area contributed by atoms with Crippen molar-refractivity contribution < 1.29 is 14.2 Å². The maximum absolute atomic E-state index is 14.5. The van der Waals surface area contributed by atoms with Crippen LogP contribution in [0.2, 0.25) is 0 Å². The molecule has 8 heteroatoms. The van der Waals surface area contributed by atoms with Gasteiger partial charge >= 0.3 is 0 Å². The van der Waals surface area contributed by atoms with E-state index in [1.54, 1.807) is 16.8 Å². The molecule has 2 aromatic carbocycles. The van der Waals surface area contributed by atoms with E-state index in [-0.39, 0.29) is 47.9 Å². The zero-order chi connectivity index (χ0) is 29.0. The highest BCUT2D eigenvalue weighted by molar-refractivity contribution is 5.65. The lowest BCUT2D eigenvalue weighted by Crippen LogP contribution is -2.29. The van der Waals surface area contributed by atoms with E-state index in [2.05, 4.69) is 9.97 Å². The summed E-state index contributed by atoms with van der Waals surface area (Å²) < 4.78 is 21.8. The largest absolute Gasteiger partial charge is 0.494 e. The summed E-state index contributed by atoms with van der Waals surface area (Å²) in [5, 5.41) is 21.1. The smallest absolute Gasteiger partial charge is 0.280 e. The van der Waals surface area contributed by atoms with Gasteiger partial charge in [-0.15, -0.1) is 0 Å². The molecule has 2 aromatic heterocycles. The number of aromatic nitrogens is 3. The van der Waals surface area contributed by atoms with Crippen LogP contribution in [0.4, 0.5) is 4.39 Å². The van der Waals surface area contributed by atoms with Crippen LogP contribution in [0.15, 0.2) is 65.6 Å². The third-order valence-corrected chi connectivity index (χ3v) is 6.76. The number of aryl methyl sites for hydroxylation is 1. The summed E-state index contributed by atoms with van der Waals surface area (Å²) in [6.07, 6.45) is 1.75. The third-order valence-electron chi connectivity index (χ3n) is 6.76. The van der Waals surface area contributed by atoms with Gasteiger partial charge in [0.15, 0.2) is 0 Å². The van der Waals surface area contributed by atoms with Gasteiger partial charge in [0.1, 0.15) is 18.2 Å². The van der Waals surface area contributed by atoms with E-state index >= 15 is 0 Å². The van der Waals surface area contributed by atoms with Crippen molar-refractivity contribution in [2.45, 2.75) is 59.8 Å². The molecule has 7 nitrogen and oxygen atoms in total. The molecule has 0 aliphatic heterocycles. The molecule has 2 heterocycles. The Hall–Kier alpha value is -4.35. The van der Waals surface area contributed by atoms with Crippen molar-refractivity contribution in [1.82, 2.24) is 14.5 Å². The molecule has 0 aliphatic rings. The molecule has 0 radical (unpaired) electrons. The molecular formula is C32H33FN4O3. The lowest BCUT2D eigenvalue weighted by atomic mass is 9.93. The molecular weight excluding hydrogens is 507 g/mol. The number of hydrogen-bond donors (Lipinski definition) is 1. The Labute approximate surface area is 233 Å². The number of hydrogen-bond acceptors (Lipinski definition) is 6. The van der Waals surface area contributed by atoms with Gasteiger partial charge in [0.2, 0.25) is 5.88 Å². The van der Waals surface area contributed by atoms with E-state index in [1.165, 1.54) is 6.07 Å². The van der Waals surface area contributed by atoms with Crippen molar-refractivity contribution in [3.8, 4) is 23.1 Å². The number of aromatic hydroxyl groups is 1. The molecule has 0 saturated carbocycles. The van der Waals surface area contributed by atoms with Crippen LogP contribution in [0.25, 0.3) is 11.1 Å². The minimum absolute atomic E-state index is 0.0243. The van der Waals surface area contributed by atoms with Crippen LogP contribution in [0.1, 0.15) is 67.5 Å². The first-order chi connectivity index (χ1) is 19.1. The van der Waals surface area contributed by atoms with Crippen LogP contribution >= 0.6 is 0 Å². The van der Waals surface area contributed by atoms with E-state index in [4.69, 9.17) is 4.74 Å². The third kappa shape index (κ3) is 6.27. The molecule has 0 bridgehead atoms. The Bertz CT molecular complexity index is 1600. The maximum atomic E-state index is 14.5. The van der Waals surface area contributed by atoms with E-state index in [0.29, 0.717) is 5.56 Å². The zero-order valence-electron chi connectivity index (χ0n) is 23.4. The molecule has 206 valence electrons. The summed E-state index contributed by atoms with van der Waals surface area (Å²) in [5.41, 5.74) is 3.96. The van der Waals surface area contributed by atoms with Gasteiger partial charge in [-0.2, -0.15) is 10.2 Å².